The SMILES string of the molecule is O=C(O)c1cccc(OCCOc2ccc([N+](=O)[O-])cc2)c1. The first-order chi connectivity index (χ1) is 10.6. The Balaban J connectivity index is 1.80. The maximum Gasteiger partial charge on any atom is 0.335 e. The van der Waals surface area contributed by atoms with Crippen molar-refractivity contribution in [3.05, 3.63) is 64.2 Å². The number of nitro benzene ring substituents is 1. The summed E-state index contributed by atoms with van der Waals surface area (Å²) in [5.74, 6) is -0.0896. The van der Waals surface area contributed by atoms with Gasteiger partial charge in [-0.2, -0.15) is 0 Å². The fourth-order valence-corrected chi connectivity index (χ4v) is 1.70. The van der Waals surface area contributed by atoms with Crippen LogP contribution >= 0.6 is 0 Å². The molecule has 0 radical (unpaired) electrons. The molecule has 2 aromatic carbocycles. The van der Waals surface area contributed by atoms with Crippen LogP contribution in [0.1, 0.15) is 10.4 Å². The van der Waals surface area contributed by atoms with E-state index in [9.17, 15) is 14.9 Å². The van der Waals surface area contributed by atoms with Gasteiger partial charge in [-0.3, -0.25) is 10.1 Å². The van der Waals surface area contributed by atoms with Crippen molar-refractivity contribution in [3.63, 3.8) is 0 Å². The molecule has 0 aliphatic carbocycles. The van der Waals surface area contributed by atoms with Gasteiger partial charge in [0.25, 0.3) is 5.69 Å². The zero-order chi connectivity index (χ0) is 15.9. The van der Waals surface area contributed by atoms with Crippen molar-refractivity contribution >= 4 is 11.7 Å². The Hall–Kier alpha value is -3.09. The van der Waals surface area contributed by atoms with Crippen molar-refractivity contribution in [2.24, 2.45) is 0 Å². The average molecular weight is 303 g/mol. The van der Waals surface area contributed by atoms with Crippen LogP contribution < -0.4 is 9.47 Å². The third-order valence-corrected chi connectivity index (χ3v) is 2.75. The largest absolute Gasteiger partial charge is 0.490 e. The Labute approximate surface area is 125 Å². The molecule has 114 valence electrons. The molecule has 1 N–H and O–H groups in total. The van der Waals surface area contributed by atoms with E-state index in [1.54, 1.807) is 12.1 Å². The third kappa shape index (κ3) is 4.20. The van der Waals surface area contributed by atoms with Crippen LogP contribution in [0.25, 0.3) is 0 Å². The van der Waals surface area contributed by atoms with E-state index in [1.165, 1.54) is 36.4 Å². The number of carboxylic acids is 1. The monoisotopic (exact) mass is 303 g/mol. The highest BCUT2D eigenvalue weighted by Gasteiger charge is 2.05. The molecule has 2 rings (SSSR count). The van der Waals surface area contributed by atoms with Crippen LogP contribution in [-0.2, 0) is 0 Å². The van der Waals surface area contributed by atoms with E-state index in [0.717, 1.165) is 0 Å². The van der Waals surface area contributed by atoms with Gasteiger partial charge in [0.15, 0.2) is 0 Å². The number of benzene rings is 2. The number of non-ortho nitro benzene ring substituents is 1. The molecule has 0 aliphatic rings. The summed E-state index contributed by atoms with van der Waals surface area (Å²) in [7, 11) is 0. The van der Waals surface area contributed by atoms with Crippen molar-refractivity contribution in [1.82, 2.24) is 0 Å². The van der Waals surface area contributed by atoms with Crippen molar-refractivity contribution in [3.8, 4) is 11.5 Å². The molecular weight excluding hydrogens is 290 g/mol. The smallest absolute Gasteiger partial charge is 0.335 e. The highest BCUT2D eigenvalue weighted by atomic mass is 16.6. The highest BCUT2D eigenvalue weighted by Crippen LogP contribution is 2.17. The Bertz CT molecular complexity index is 668. The number of aromatic carboxylic acids is 1. The molecule has 0 aliphatic heterocycles. The second-order valence-corrected chi connectivity index (χ2v) is 4.28. The van der Waals surface area contributed by atoms with E-state index in [-0.39, 0.29) is 24.5 Å². The number of hydrogen-bond donors (Lipinski definition) is 1. The zero-order valence-electron chi connectivity index (χ0n) is 11.5. The number of hydrogen-bond acceptors (Lipinski definition) is 5. The second kappa shape index (κ2) is 7.07. The molecule has 0 bridgehead atoms. The van der Waals surface area contributed by atoms with E-state index in [2.05, 4.69) is 0 Å². The van der Waals surface area contributed by atoms with E-state index >= 15 is 0 Å². The molecule has 7 nitrogen and oxygen atoms in total. The summed E-state index contributed by atoms with van der Waals surface area (Å²) in [6.45, 7) is 0.454. The number of carboxylic acid groups (broad SMARTS) is 1. The molecule has 0 spiro atoms. The average Bonchev–Trinajstić information content (AvgIpc) is 2.52. The molecule has 0 unspecified atom stereocenters. The molecule has 2 aromatic rings. The molecule has 22 heavy (non-hydrogen) atoms. The van der Waals surface area contributed by atoms with Crippen molar-refractivity contribution in [2.45, 2.75) is 0 Å². The lowest BCUT2D eigenvalue weighted by Crippen LogP contribution is -2.09. The Morgan fingerprint density at radius 1 is 1.05 bits per heavy atom. The highest BCUT2D eigenvalue weighted by molar-refractivity contribution is 5.87. The number of nitrogens with zero attached hydrogens (tertiary/aromatic N) is 1. The van der Waals surface area contributed by atoms with Gasteiger partial charge in [-0.05, 0) is 30.3 Å². The first-order valence-electron chi connectivity index (χ1n) is 6.39. The summed E-state index contributed by atoms with van der Waals surface area (Å²) in [4.78, 5) is 20.8. The minimum atomic E-state index is -1.02. The van der Waals surface area contributed by atoms with Crippen LogP contribution in [0.5, 0.6) is 11.5 Å². The minimum Gasteiger partial charge on any atom is -0.490 e. The lowest BCUT2D eigenvalue weighted by atomic mass is 10.2. The van der Waals surface area contributed by atoms with Crippen LogP contribution in [0, 0.1) is 10.1 Å². The molecule has 7 heteroatoms. The van der Waals surface area contributed by atoms with Crippen molar-refractivity contribution in [1.29, 1.82) is 0 Å². The van der Waals surface area contributed by atoms with Gasteiger partial charge >= 0.3 is 5.97 Å². The fourth-order valence-electron chi connectivity index (χ4n) is 1.70. The molecular formula is C15H13NO6. The van der Waals surface area contributed by atoms with Crippen LogP contribution in [0.2, 0.25) is 0 Å². The lowest BCUT2D eigenvalue weighted by molar-refractivity contribution is -0.384. The lowest BCUT2D eigenvalue weighted by Gasteiger charge is -2.08. The van der Waals surface area contributed by atoms with Crippen molar-refractivity contribution in [2.75, 3.05) is 13.2 Å². The molecule has 0 saturated carbocycles. The van der Waals surface area contributed by atoms with Crippen molar-refractivity contribution < 1.29 is 24.3 Å². The number of ether oxygens (including phenoxy) is 2. The van der Waals surface area contributed by atoms with Crippen LogP contribution in [0.4, 0.5) is 5.69 Å². The molecule has 0 saturated heterocycles. The van der Waals surface area contributed by atoms with Gasteiger partial charge in [0.05, 0.1) is 10.5 Å². The molecule has 0 amide bonds. The first kappa shape index (κ1) is 15.3. The minimum absolute atomic E-state index is 0.00548. The Morgan fingerprint density at radius 2 is 1.68 bits per heavy atom. The molecule has 0 fully saturated rings. The summed E-state index contributed by atoms with van der Waals surface area (Å²) in [6, 6.07) is 11.9. The number of nitro groups is 1. The predicted octanol–water partition coefficient (Wildman–Crippen LogP) is 2.75. The van der Waals surface area contributed by atoms with Gasteiger partial charge in [-0.25, -0.2) is 4.79 Å². The second-order valence-electron chi connectivity index (χ2n) is 4.28. The predicted molar refractivity (Wildman–Crippen MR) is 77.5 cm³/mol. The van der Waals surface area contributed by atoms with E-state index in [0.29, 0.717) is 11.5 Å². The van der Waals surface area contributed by atoms with Gasteiger partial charge in [0, 0.05) is 12.1 Å². The quantitative estimate of drug-likeness (QED) is 0.479. The normalized spacial score (nSPS) is 10.0. The van der Waals surface area contributed by atoms with Crippen LogP contribution in [0.15, 0.2) is 48.5 Å². The summed E-state index contributed by atoms with van der Waals surface area (Å²) >= 11 is 0. The first-order valence-corrected chi connectivity index (χ1v) is 6.39. The summed E-state index contributed by atoms with van der Waals surface area (Å²) in [6.07, 6.45) is 0. The third-order valence-electron chi connectivity index (χ3n) is 2.75. The number of rotatable bonds is 7. The van der Waals surface area contributed by atoms with Gasteiger partial charge in [0.2, 0.25) is 0 Å². The maximum atomic E-state index is 10.8. The topological polar surface area (TPSA) is 98.9 Å². The van der Waals surface area contributed by atoms with Gasteiger partial charge in [-0.15, -0.1) is 0 Å². The fraction of sp³-hybridized carbons (Fsp3) is 0.133. The number of carbonyl (C=O) groups is 1. The van der Waals surface area contributed by atoms with E-state index in [1.807, 2.05) is 0 Å². The summed E-state index contributed by atoms with van der Waals surface area (Å²) in [5, 5.41) is 19.4. The Kier molecular flexibility index (Phi) is 4.92. The zero-order valence-corrected chi connectivity index (χ0v) is 11.5. The summed E-state index contributed by atoms with van der Waals surface area (Å²) in [5.41, 5.74) is 0.142. The Morgan fingerprint density at radius 3 is 2.27 bits per heavy atom. The molecule has 0 heterocycles. The molecule has 0 aromatic heterocycles. The van der Waals surface area contributed by atoms with Crippen LogP contribution in [-0.4, -0.2) is 29.2 Å². The van der Waals surface area contributed by atoms with Crippen LogP contribution in [0.3, 0.4) is 0 Å². The van der Waals surface area contributed by atoms with Gasteiger partial charge < -0.3 is 14.6 Å². The standard InChI is InChI=1S/C15H13NO6/c17-15(18)11-2-1-3-14(10-11)22-9-8-21-13-6-4-12(5-7-13)16(19)20/h1-7,10H,8-9H2,(H,17,18). The summed E-state index contributed by atoms with van der Waals surface area (Å²) < 4.78 is 10.8. The van der Waals surface area contributed by atoms with E-state index in [4.69, 9.17) is 14.6 Å². The van der Waals surface area contributed by atoms with Gasteiger partial charge in [0.1, 0.15) is 24.7 Å². The van der Waals surface area contributed by atoms with Gasteiger partial charge in [-0.1, -0.05) is 6.07 Å². The molecule has 0 atom stereocenters. The van der Waals surface area contributed by atoms with E-state index < -0.39 is 10.9 Å². The maximum absolute atomic E-state index is 10.8.